The monoisotopic (exact) mass is 395 g/mol. The Hall–Kier alpha value is -2.99. The summed E-state index contributed by atoms with van der Waals surface area (Å²) in [6.07, 6.45) is 0.518. The standard InChI is InChI=1S/C23H26FN3O2/c1-14-10-22(29-4)15(2)9-18(14)13-25-21(17-5-7-19(24)8-6-17)11-20-12-23(28)27-16(3)26-20/h5-10,12,21,25H,11,13H2,1-4H3,(H,26,27,28)/t21-/m1/s1. The van der Waals surface area contributed by atoms with Crippen LogP contribution in [0.1, 0.15) is 39.8 Å². The molecule has 0 unspecified atom stereocenters. The molecule has 29 heavy (non-hydrogen) atoms. The number of hydrogen-bond donors (Lipinski definition) is 2. The Morgan fingerprint density at radius 2 is 1.83 bits per heavy atom. The third-order valence-corrected chi connectivity index (χ3v) is 4.99. The van der Waals surface area contributed by atoms with Crippen LogP contribution in [0, 0.1) is 26.6 Å². The van der Waals surface area contributed by atoms with Gasteiger partial charge in [0.1, 0.15) is 17.4 Å². The van der Waals surface area contributed by atoms with Crippen molar-refractivity contribution in [2.24, 2.45) is 0 Å². The summed E-state index contributed by atoms with van der Waals surface area (Å²) in [6.45, 7) is 6.45. The van der Waals surface area contributed by atoms with Crippen molar-refractivity contribution in [3.8, 4) is 5.75 Å². The van der Waals surface area contributed by atoms with Crippen LogP contribution in [-0.2, 0) is 13.0 Å². The van der Waals surface area contributed by atoms with Crippen molar-refractivity contribution in [2.45, 2.75) is 39.8 Å². The molecule has 0 saturated heterocycles. The van der Waals surface area contributed by atoms with Crippen molar-refractivity contribution in [1.29, 1.82) is 0 Å². The maximum Gasteiger partial charge on any atom is 0.251 e. The SMILES string of the molecule is COc1cc(C)c(CN[C@H](Cc2cc(=O)[nH]c(C)n2)c2ccc(F)cc2)cc1C. The van der Waals surface area contributed by atoms with E-state index in [1.54, 1.807) is 26.2 Å². The lowest BCUT2D eigenvalue weighted by molar-refractivity contribution is 0.411. The Balaban J connectivity index is 1.86. The van der Waals surface area contributed by atoms with Crippen molar-refractivity contribution in [3.63, 3.8) is 0 Å². The molecule has 6 heteroatoms. The maximum atomic E-state index is 13.4. The number of nitrogens with zero attached hydrogens (tertiary/aromatic N) is 1. The van der Waals surface area contributed by atoms with Crippen molar-refractivity contribution in [1.82, 2.24) is 15.3 Å². The fourth-order valence-corrected chi connectivity index (χ4v) is 3.45. The molecule has 3 aromatic rings. The summed E-state index contributed by atoms with van der Waals surface area (Å²) in [5, 5.41) is 3.55. The number of hydrogen-bond acceptors (Lipinski definition) is 4. The lowest BCUT2D eigenvalue weighted by Gasteiger charge is -2.21. The zero-order valence-electron chi connectivity index (χ0n) is 17.2. The number of aromatic nitrogens is 2. The van der Waals surface area contributed by atoms with E-state index in [-0.39, 0.29) is 17.4 Å². The van der Waals surface area contributed by atoms with Crippen LogP contribution in [0.3, 0.4) is 0 Å². The highest BCUT2D eigenvalue weighted by Crippen LogP contribution is 2.24. The van der Waals surface area contributed by atoms with Gasteiger partial charge in [-0.3, -0.25) is 4.79 Å². The van der Waals surface area contributed by atoms with Crippen molar-refractivity contribution < 1.29 is 9.13 Å². The number of halogens is 1. The summed E-state index contributed by atoms with van der Waals surface area (Å²) in [5.74, 6) is 1.16. The van der Waals surface area contributed by atoms with Crippen LogP contribution in [0.4, 0.5) is 4.39 Å². The van der Waals surface area contributed by atoms with Gasteiger partial charge in [0.2, 0.25) is 0 Å². The molecule has 0 aliphatic rings. The van der Waals surface area contributed by atoms with Crippen LogP contribution in [0.25, 0.3) is 0 Å². The normalized spacial score (nSPS) is 12.0. The van der Waals surface area contributed by atoms with E-state index in [1.807, 2.05) is 19.9 Å². The van der Waals surface area contributed by atoms with E-state index in [0.29, 0.717) is 24.5 Å². The molecule has 1 heterocycles. The maximum absolute atomic E-state index is 13.4. The van der Waals surface area contributed by atoms with Gasteiger partial charge in [0, 0.05) is 30.8 Å². The van der Waals surface area contributed by atoms with Crippen LogP contribution in [-0.4, -0.2) is 17.1 Å². The predicted octanol–water partition coefficient (Wildman–Crippen LogP) is 3.92. The first kappa shape index (κ1) is 20.7. The second-order valence-corrected chi connectivity index (χ2v) is 7.26. The molecule has 0 fully saturated rings. The summed E-state index contributed by atoms with van der Waals surface area (Å²) in [6, 6.07) is 11.9. The highest BCUT2D eigenvalue weighted by Gasteiger charge is 2.15. The van der Waals surface area contributed by atoms with Gasteiger partial charge in [-0.25, -0.2) is 9.37 Å². The Kier molecular flexibility index (Phi) is 6.44. The summed E-state index contributed by atoms with van der Waals surface area (Å²) in [5.41, 5.74) is 4.81. The number of aromatic amines is 1. The summed E-state index contributed by atoms with van der Waals surface area (Å²) < 4.78 is 18.8. The van der Waals surface area contributed by atoms with Gasteiger partial charge in [0.05, 0.1) is 7.11 Å². The van der Waals surface area contributed by atoms with Crippen molar-refractivity contribution in [3.05, 3.63) is 92.4 Å². The van der Waals surface area contributed by atoms with Gasteiger partial charge in [-0.2, -0.15) is 0 Å². The van der Waals surface area contributed by atoms with E-state index in [9.17, 15) is 9.18 Å². The van der Waals surface area contributed by atoms with E-state index >= 15 is 0 Å². The molecule has 2 aromatic carbocycles. The largest absolute Gasteiger partial charge is 0.496 e. The predicted molar refractivity (Wildman–Crippen MR) is 112 cm³/mol. The van der Waals surface area contributed by atoms with Gasteiger partial charge in [-0.05, 0) is 61.2 Å². The van der Waals surface area contributed by atoms with Crippen LogP contribution in [0.5, 0.6) is 5.75 Å². The highest BCUT2D eigenvalue weighted by atomic mass is 19.1. The molecule has 0 amide bonds. The fraction of sp³-hybridized carbons (Fsp3) is 0.304. The number of aryl methyl sites for hydroxylation is 3. The smallest absolute Gasteiger partial charge is 0.251 e. The van der Waals surface area contributed by atoms with Crippen LogP contribution in [0.15, 0.2) is 47.3 Å². The van der Waals surface area contributed by atoms with E-state index in [4.69, 9.17) is 4.74 Å². The number of nitrogens with one attached hydrogen (secondary N) is 2. The van der Waals surface area contributed by atoms with Gasteiger partial charge in [0.25, 0.3) is 5.56 Å². The third-order valence-electron chi connectivity index (χ3n) is 4.99. The topological polar surface area (TPSA) is 67.0 Å². The van der Waals surface area contributed by atoms with Gasteiger partial charge in [-0.15, -0.1) is 0 Å². The van der Waals surface area contributed by atoms with Crippen LogP contribution >= 0.6 is 0 Å². The quantitative estimate of drug-likeness (QED) is 0.636. The molecule has 0 aliphatic carbocycles. The summed E-state index contributed by atoms with van der Waals surface area (Å²) in [7, 11) is 1.67. The number of ether oxygens (including phenoxy) is 1. The van der Waals surface area contributed by atoms with Crippen LogP contribution < -0.4 is 15.6 Å². The van der Waals surface area contributed by atoms with E-state index in [1.165, 1.54) is 18.2 Å². The molecule has 0 spiro atoms. The number of H-pyrrole nitrogens is 1. The molecule has 0 saturated carbocycles. The molecule has 3 rings (SSSR count). The second kappa shape index (κ2) is 9.01. The van der Waals surface area contributed by atoms with Crippen LogP contribution in [0.2, 0.25) is 0 Å². The minimum Gasteiger partial charge on any atom is -0.496 e. The average Bonchev–Trinajstić information content (AvgIpc) is 2.67. The second-order valence-electron chi connectivity index (χ2n) is 7.26. The lowest BCUT2D eigenvalue weighted by Crippen LogP contribution is -2.25. The Morgan fingerprint density at radius 1 is 1.10 bits per heavy atom. The van der Waals surface area contributed by atoms with Gasteiger partial charge >= 0.3 is 0 Å². The van der Waals surface area contributed by atoms with E-state index < -0.39 is 0 Å². The molecular formula is C23H26FN3O2. The Labute approximate surface area is 170 Å². The van der Waals surface area contributed by atoms with Gasteiger partial charge < -0.3 is 15.0 Å². The molecule has 152 valence electrons. The molecule has 5 nitrogen and oxygen atoms in total. The Bertz CT molecular complexity index is 1040. The molecule has 1 aromatic heterocycles. The molecular weight excluding hydrogens is 369 g/mol. The summed E-state index contributed by atoms with van der Waals surface area (Å²) >= 11 is 0. The van der Waals surface area contributed by atoms with E-state index in [0.717, 1.165) is 28.0 Å². The van der Waals surface area contributed by atoms with Crippen molar-refractivity contribution in [2.75, 3.05) is 7.11 Å². The zero-order valence-corrected chi connectivity index (χ0v) is 17.2. The lowest BCUT2D eigenvalue weighted by atomic mass is 10.00. The molecule has 1 atom stereocenters. The first-order valence-electron chi connectivity index (χ1n) is 9.55. The molecule has 0 bridgehead atoms. The third kappa shape index (κ3) is 5.29. The first-order chi connectivity index (χ1) is 13.9. The van der Waals surface area contributed by atoms with Gasteiger partial charge in [-0.1, -0.05) is 18.2 Å². The number of methoxy groups -OCH3 is 1. The molecule has 0 aliphatic heterocycles. The average molecular weight is 395 g/mol. The number of rotatable bonds is 7. The van der Waals surface area contributed by atoms with E-state index in [2.05, 4.69) is 21.4 Å². The van der Waals surface area contributed by atoms with Gasteiger partial charge in [0.15, 0.2) is 0 Å². The molecule has 0 radical (unpaired) electrons. The first-order valence-corrected chi connectivity index (χ1v) is 9.55. The highest BCUT2D eigenvalue weighted by molar-refractivity contribution is 5.41. The minimum atomic E-state index is -0.278. The molecule has 2 N–H and O–H groups in total. The summed E-state index contributed by atoms with van der Waals surface area (Å²) in [4.78, 5) is 18.9. The number of benzene rings is 2. The Morgan fingerprint density at radius 3 is 2.48 bits per heavy atom. The zero-order chi connectivity index (χ0) is 21.0. The minimum absolute atomic E-state index is 0.119. The van der Waals surface area contributed by atoms with Crippen molar-refractivity contribution >= 4 is 0 Å². The fourth-order valence-electron chi connectivity index (χ4n) is 3.45.